The largest absolute Gasteiger partial charge is 0.389 e. The van der Waals surface area contributed by atoms with Crippen molar-refractivity contribution in [2.24, 2.45) is 12.8 Å². The molecule has 1 aromatic carbocycles. The van der Waals surface area contributed by atoms with Gasteiger partial charge in [0, 0.05) is 35.3 Å². The summed E-state index contributed by atoms with van der Waals surface area (Å²) in [4.78, 5) is 0.413. The van der Waals surface area contributed by atoms with E-state index in [0.717, 1.165) is 27.7 Å². The number of halogens is 1. The van der Waals surface area contributed by atoms with Crippen LogP contribution in [0, 0.1) is 6.92 Å². The minimum atomic E-state index is 0.413. The fourth-order valence-corrected chi connectivity index (χ4v) is 2.88. The van der Waals surface area contributed by atoms with Gasteiger partial charge in [0.15, 0.2) is 0 Å². The number of nitrogens with two attached hydrogens (primary N) is 1. The maximum absolute atomic E-state index is 6.30. The van der Waals surface area contributed by atoms with Crippen molar-refractivity contribution in [3.8, 4) is 0 Å². The molecule has 0 aliphatic heterocycles. The molecule has 2 heterocycles. The predicted molar refractivity (Wildman–Crippen MR) is 89.9 cm³/mol. The number of nitrogens with zero attached hydrogens (tertiary/aromatic N) is 3. The highest BCUT2D eigenvalue weighted by Crippen LogP contribution is 2.23. The number of thiocarbonyl (C=S) groups is 1. The topological polar surface area (TPSA) is 48.8 Å². The molecule has 0 atom stereocenters. The number of hydrogen-bond acceptors (Lipinski definition) is 2. The maximum atomic E-state index is 6.30. The zero-order chi connectivity index (χ0) is 15.1. The van der Waals surface area contributed by atoms with Gasteiger partial charge in [-0.15, -0.1) is 0 Å². The van der Waals surface area contributed by atoms with E-state index in [1.165, 1.54) is 0 Å². The lowest BCUT2D eigenvalue weighted by atomic mass is 10.1. The van der Waals surface area contributed by atoms with E-state index in [0.29, 0.717) is 16.7 Å². The first kappa shape index (κ1) is 14.1. The Hall–Kier alpha value is -1.85. The highest BCUT2D eigenvalue weighted by molar-refractivity contribution is 7.80. The van der Waals surface area contributed by atoms with E-state index >= 15 is 0 Å². The molecule has 2 N–H and O–H groups in total. The molecular weight excluding hydrogens is 304 g/mol. The molecule has 0 fully saturated rings. The molecule has 0 saturated heterocycles. The molecule has 0 aliphatic carbocycles. The molecule has 0 saturated carbocycles. The minimum absolute atomic E-state index is 0.413. The van der Waals surface area contributed by atoms with Gasteiger partial charge in [-0.2, -0.15) is 5.10 Å². The van der Waals surface area contributed by atoms with E-state index in [4.69, 9.17) is 29.6 Å². The van der Waals surface area contributed by atoms with Crippen LogP contribution in [0.15, 0.2) is 30.5 Å². The van der Waals surface area contributed by atoms with Gasteiger partial charge in [0.05, 0.1) is 12.2 Å². The summed E-state index contributed by atoms with van der Waals surface area (Å²) in [6.07, 6.45) is 2.04. The predicted octanol–water partition coefficient (Wildman–Crippen LogP) is 3.02. The van der Waals surface area contributed by atoms with Crippen LogP contribution in [-0.2, 0) is 13.6 Å². The van der Waals surface area contributed by atoms with Gasteiger partial charge in [-0.25, -0.2) is 0 Å². The third-order valence-electron chi connectivity index (χ3n) is 3.65. The zero-order valence-corrected chi connectivity index (χ0v) is 13.4. The van der Waals surface area contributed by atoms with Gasteiger partial charge in [0.2, 0.25) is 0 Å². The SMILES string of the molecule is Cc1nn(C)c(Cl)c1Cn1ccc2cc(C(N)=S)ccc21. The van der Waals surface area contributed by atoms with Crippen LogP contribution in [-0.4, -0.2) is 19.3 Å². The molecule has 21 heavy (non-hydrogen) atoms. The van der Waals surface area contributed by atoms with Gasteiger partial charge in [-0.05, 0) is 31.2 Å². The Morgan fingerprint density at radius 2 is 2.14 bits per heavy atom. The van der Waals surface area contributed by atoms with Crippen molar-refractivity contribution in [1.29, 1.82) is 0 Å². The Labute approximate surface area is 133 Å². The molecule has 0 spiro atoms. The van der Waals surface area contributed by atoms with Gasteiger partial charge in [-0.1, -0.05) is 23.8 Å². The Balaban J connectivity index is 2.03. The van der Waals surface area contributed by atoms with Gasteiger partial charge in [-0.3, -0.25) is 4.68 Å². The lowest BCUT2D eigenvalue weighted by molar-refractivity contribution is 0.757. The average molecular weight is 319 g/mol. The van der Waals surface area contributed by atoms with Crippen molar-refractivity contribution < 1.29 is 0 Å². The van der Waals surface area contributed by atoms with Crippen LogP contribution in [0.4, 0.5) is 0 Å². The second-order valence-electron chi connectivity index (χ2n) is 5.06. The third kappa shape index (κ3) is 2.43. The van der Waals surface area contributed by atoms with Gasteiger partial charge in [0.25, 0.3) is 0 Å². The number of hydrogen-bond donors (Lipinski definition) is 1. The average Bonchev–Trinajstić information content (AvgIpc) is 2.95. The van der Waals surface area contributed by atoms with E-state index in [1.54, 1.807) is 4.68 Å². The van der Waals surface area contributed by atoms with Crippen molar-refractivity contribution >= 4 is 39.7 Å². The van der Waals surface area contributed by atoms with E-state index in [2.05, 4.69) is 15.7 Å². The second kappa shape index (κ2) is 5.16. The molecular formula is C15H15ClN4S. The van der Waals surface area contributed by atoms with Crippen molar-refractivity contribution in [3.63, 3.8) is 0 Å². The number of rotatable bonds is 3. The third-order valence-corrected chi connectivity index (χ3v) is 4.36. The number of aryl methyl sites for hydroxylation is 2. The van der Waals surface area contributed by atoms with Crippen molar-refractivity contribution in [2.45, 2.75) is 13.5 Å². The summed E-state index contributed by atoms with van der Waals surface area (Å²) in [5, 5.41) is 6.13. The molecule has 0 bridgehead atoms. The molecule has 3 rings (SSSR count). The Morgan fingerprint density at radius 3 is 2.76 bits per heavy atom. The standard InChI is InChI=1S/C15H15ClN4S/c1-9-12(14(16)19(2)18-9)8-20-6-5-10-7-11(15(17)21)3-4-13(10)20/h3-7H,8H2,1-2H3,(H2,17,21). The Morgan fingerprint density at radius 1 is 1.38 bits per heavy atom. The summed E-state index contributed by atoms with van der Waals surface area (Å²) in [7, 11) is 1.85. The van der Waals surface area contributed by atoms with Gasteiger partial charge >= 0.3 is 0 Å². The van der Waals surface area contributed by atoms with Crippen LogP contribution >= 0.6 is 23.8 Å². The number of fused-ring (bicyclic) bond motifs is 1. The molecule has 108 valence electrons. The lowest BCUT2D eigenvalue weighted by Crippen LogP contribution is -2.08. The molecule has 4 nitrogen and oxygen atoms in total. The van der Waals surface area contributed by atoms with E-state index in [-0.39, 0.29) is 0 Å². The second-order valence-corrected chi connectivity index (χ2v) is 5.86. The molecule has 6 heteroatoms. The minimum Gasteiger partial charge on any atom is -0.389 e. The summed E-state index contributed by atoms with van der Waals surface area (Å²) in [5.74, 6) is 0. The molecule has 2 aromatic heterocycles. The van der Waals surface area contributed by atoms with Gasteiger partial charge < -0.3 is 10.3 Å². The quantitative estimate of drug-likeness (QED) is 0.755. The summed E-state index contributed by atoms with van der Waals surface area (Å²) in [5.41, 5.74) is 9.66. The zero-order valence-electron chi connectivity index (χ0n) is 11.8. The van der Waals surface area contributed by atoms with Crippen molar-refractivity contribution in [2.75, 3.05) is 0 Å². The van der Waals surface area contributed by atoms with E-state index in [1.807, 2.05) is 38.4 Å². The highest BCUT2D eigenvalue weighted by Gasteiger charge is 2.13. The first-order chi connectivity index (χ1) is 9.97. The Bertz CT molecular complexity index is 847. The Kier molecular flexibility index (Phi) is 3.47. The van der Waals surface area contributed by atoms with Crippen LogP contribution in [0.25, 0.3) is 10.9 Å². The summed E-state index contributed by atoms with van der Waals surface area (Å²) in [6, 6.07) is 8.03. The van der Waals surface area contributed by atoms with E-state index < -0.39 is 0 Å². The molecule has 0 unspecified atom stereocenters. The number of benzene rings is 1. The van der Waals surface area contributed by atoms with Crippen molar-refractivity contribution in [3.05, 3.63) is 52.4 Å². The van der Waals surface area contributed by atoms with Gasteiger partial charge in [0.1, 0.15) is 10.1 Å². The van der Waals surface area contributed by atoms with E-state index in [9.17, 15) is 0 Å². The summed E-state index contributed by atoms with van der Waals surface area (Å²) >= 11 is 11.3. The normalized spacial score (nSPS) is 11.2. The molecule has 0 radical (unpaired) electrons. The number of aromatic nitrogens is 3. The van der Waals surface area contributed by atoms with Crippen LogP contribution in [0.5, 0.6) is 0 Å². The first-order valence-electron chi connectivity index (χ1n) is 6.54. The van der Waals surface area contributed by atoms with Crippen LogP contribution in [0.1, 0.15) is 16.8 Å². The highest BCUT2D eigenvalue weighted by atomic mass is 35.5. The first-order valence-corrected chi connectivity index (χ1v) is 7.32. The smallest absolute Gasteiger partial charge is 0.131 e. The van der Waals surface area contributed by atoms with Crippen LogP contribution in [0.2, 0.25) is 5.15 Å². The monoisotopic (exact) mass is 318 g/mol. The van der Waals surface area contributed by atoms with Crippen molar-refractivity contribution in [1.82, 2.24) is 14.3 Å². The fourth-order valence-electron chi connectivity index (χ4n) is 2.52. The van der Waals surface area contributed by atoms with Crippen LogP contribution in [0.3, 0.4) is 0 Å². The van der Waals surface area contributed by atoms with Crippen LogP contribution < -0.4 is 5.73 Å². The molecule has 0 aliphatic rings. The summed E-state index contributed by atoms with van der Waals surface area (Å²) in [6.45, 7) is 2.66. The fraction of sp³-hybridized carbons (Fsp3) is 0.200. The molecule has 3 aromatic rings. The maximum Gasteiger partial charge on any atom is 0.131 e. The molecule has 0 amide bonds. The lowest BCUT2D eigenvalue weighted by Gasteiger charge is -2.06. The summed E-state index contributed by atoms with van der Waals surface area (Å²) < 4.78 is 3.84.